The van der Waals surface area contributed by atoms with Gasteiger partial charge < -0.3 is 5.32 Å². The molecule has 2 aromatic carbocycles. The zero-order valence-electron chi connectivity index (χ0n) is 14.7. The van der Waals surface area contributed by atoms with E-state index in [2.05, 4.69) is 5.32 Å². The molecule has 4 rings (SSSR count). The minimum Gasteiger partial charge on any atom is -0.321 e. The number of benzene rings is 2. The summed E-state index contributed by atoms with van der Waals surface area (Å²) in [6.07, 6.45) is 0. The molecule has 2 aromatic heterocycles. The van der Waals surface area contributed by atoms with Gasteiger partial charge in [0.05, 0.1) is 26.0 Å². The van der Waals surface area contributed by atoms with Crippen molar-refractivity contribution in [2.75, 3.05) is 5.32 Å². The lowest BCUT2D eigenvalue weighted by atomic mass is 10.2. The molecule has 4 nitrogen and oxygen atoms in total. The van der Waals surface area contributed by atoms with E-state index in [9.17, 15) is 9.59 Å². The summed E-state index contributed by atoms with van der Waals surface area (Å²) in [7, 11) is 0. The number of carbonyl (C=O) groups is 2. The van der Waals surface area contributed by atoms with Crippen molar-refractivity contribution >= 4 is 62.9 Å². The molecule has 0 aliphatic carbocycles. The van der Waals surface area contributed by atoms with E-state index >= 15 is 0 Å². The maximum Gasteiger partial charge on any atom is 0.265 e. The first-order valence-corrected chi connectivity index (χ1v) is 10.0. The molecule has 1 N–H and O–H groups in total. The Morgan fingerprint density at radius 3 is 2.43 bits per heavy atom. The molecule has 4 aromatic rings. The minimum atomic E-state index is -0.293. The van der Waals surface area contributed by atoms with E-state index in [-0.39, 0.29) is 17.4 Å². The summed E-state index contributed by atoms with van der Waals surface area (Å²) in [5, 5.41) is 6.17. The van der Waals surface area contributed by atoms with Gasteiger partial charge in [-0.3, -0.25) is 14.2 Å². The number of hydrogen-bond donors (Lipinski definition) is 1. The highest BCUT2D eigenvalue weighted by atomic mass is 35.5. The van der Waals surface area contributed by atoms with Crippen molar-refractivity contribution in [3.05, 3.63) is 86.2 Å². The number of aryl methyl sites for hydroxylation is 1. The first-order chi connectivity index (χ1) is 13.5. The molecule has 0 saturated carbocycles. The number of nitrogens with one attached hydrogen (secondary N) is 1. The SMILES string of the molecule is Cc1cc2cc(NC(=O)c3cccs3)ccc2n1C(=O)c1c(Cl)cccc1Cl. The lowest BCUT2D eigenvalue weighted by Crippen LogP contribution is -2.14. The first-order valence-electron chi connectivity index (χ1n) is 8.41. The Labute approximate surface area is 175 Å². The van der Waals surface area contributed by atoms with Crippen LogP contribution in [0.5, 0.6) is 0 Å². The third-order valence-corrected chi connectivity index (χ3v) is 5.87. The smallest absolute Gasteiger partial charge is 0.265 e. The van der Waals surface area contributed by atoms with E-state index < -0.39 is 0 Å². The summed E-state index contributed by atoms with van der Waals surface area (Å²) >= 11 is 13.8. The molecule has 0 saturated heterocycles. The monoisotopic (exact) mass is 428 g/mol. The van der Waals surface area contributed by atoms with E-state index in [0.29, 0.717) is 26.1 Å². The highest BCUT2D eigenvalue weighted by molar-refractivity contribution is 7.12. The second-order valence-corrected chi connectivity index (χ2v) is 7.99. The molecule has 0 aliphatic rings. The molecular formula is C21H14Cl2N2O2S. The molecule has 2 heterocycles. The van der Waals surface area contributed by atoms with Crippen molar-refractivity contribution in [2.24, 2.45) is 0 Å². The Morgan fingerprint density at radius 2 is 1.75 bits per heavy atom. The maximum absolute atomic E-state index is 13.1. The number of hydrogen-bond acceptors (Lipinski definition) is 3. The van der Waals surface area contributed by atoms with Gasteiger partial charge >= 0.3 is 0 Å². The van der Waals surface area contributed by atoms with Crippen LogP contribution in [0.3, 0.4) is 0 Å². The van der Waals surface area contributed by atoms with Crippen LogP contribution in [0.4, 0.5) is 5.69 Å². The van der Waals surface area contributed by atoms with Crippen molar-refractivity contribution < 1.29 is 9.59 Å². The summed E-state index contributed by atoms with van der Waals surface area (Å²) in [5.41, 5.74) is 2.39. The fourth-order valence-electron chi connectivity index (χ4n) is 3.12. The van der Waals surface area contributed by atoms with Gasteiger partial charge in [-0.05, 0) is 54.8 Å². The topological polar surface area (TPSA) is 51.1 Å². The Balaban J connectivity index is 1.72. The van der Waals surface area contributed by atoms with E-state index in [1.165, 1.54) is 11.3 Å². The summed E-state index contributed by atoms with van der Waals surface area (Å²) in [5.74, 6) is -0.456. The van der Waals surface area contributed by atoms with Gasteiger partial charge in [0.1, 0.15) is 0 Å². The highest BCUT2D eigenvalue weighted by Gasteiger charge is 2.20. The van der Waals surface area contributed by atoms with Crippen LogP contribution in [0.2, 0.25) is 10.0 Å². The Bertz CT molecular complexity index is 1190. The number of fused-ring (bicyclic) bond motifs is 1. The average molecular weight is 429 g/mol. The standard InChI is InChI=1S/C21H14Cl2N2O2S/c1-12-10-13-11-14(24-20(26)18-6-3-9-28-18)7-8-17(13)25(12)21(27)19-15(22)4-2-5-16(19)23/h2-11H,1H3,(H,24,26). The minimum absolute atomic E-state index is 0.163. The van der Waals surface area contributed by atoms with Gasteiger partial charge in [-0.25, -0.2) is 0 Å². The van der Waals surface area contributed by atoms with Crippen molar-refractivity contribution in [2.45, 2.75) is 6.92 Å². The molecule has 1 amide bonds. The Hall–Kier alpha value is -2.60. The fraction of sp³-hybridized carbons (Fsp3) is 0.0476. The lowest BCUT2D eigenvalue weighted by Gasteiger charge is -2.10. The number of aromatic nitrogens is 1. The van der Waals surface area contributed by atoms with Crippen LogP contribution in [0, 0.1) is 6.92 Å². The van der Waals surface area contributed by atoms with Gasteiger partial charge in [-0.2, -0.15) is 0 Å². The lowest BCUT2D eigenvalue weighted by molar-refractivity contribution is 0.0962. The summed E-state index contributed by atoms with van der Waals surface area (Å²) in [6.45, 7) is 1.84. The predicted octanol–water partition coefficient (Wildman–Crippen LogP) is 6.26. The molecule has 7 heteroatoms. The number of carbonyl (C=O) groups excluding carboxylic acids is 2. The van der Waals surface area contributed by atoms with Gasteiger partial charge in [0.25, 0.3) is 11.8 Å². The summed E-state index contributed by atoms with van der Waals surface area (Å²) < 4.78 is 1.58. The zero-order valence-corrected chi connectivity index (χ0v) is 17.0. The molecule has 0 spiro atoms. The molecule has 140 valence electrons. The molecule has 0 aliphatic heterocycles. The van der Waals surface area contributed by atoms with Gasteiger partial charge in [0.2, 0.25) is 0 Å². The number of nitrogens with zero attached hydrogens (tertiary/aromatic N) is 1. The number of halogens is 2. The fourth-order valence-corrected chi connectivity index (χ4v) is 4.29. The maximum atomic E-state index is 13.1. The molecule has 0 radical (unpaired) electrons. The third-order valence-electron chi connectivity index (χ3n) is 4.37. The Morgan fingerprint density at radius 1 is 1.00 bits per heavy atom. The van der Waals surface area contributed by atoms with E-state index in [0.717, 1.165) is 11.1 Å². The normalized spacial score (nSPS) is 11.0. The van der Waals surface area contributed by atoms with Crippen LogP contribution >= 0.6 is 34.5 Å². The van der Waals surface area contributed by atoms with Crippen LogP contribution in [-0.4, -0.2) is 16.4 Å². The van der Waals surface area contributed by atoms with Gasteiger partial charge in [-0.1, -0.05) is 35.3 Å². The molecule has 28 heavy (non-hydrogen) atoms. The van der Waals surface area contributed by atoms with E-state index in [1.807, 2.05) is 30.5 Å². The van der Waals surface area contributed by atoms with Crippen LogP contribution in [0.15, 0.2) is 60.0 Å². The quantitative estimate of drug-likeness (QED) is 0.418. The summed E-state index contributed by atoms with van der Waals surface area (Å²) in [6, 6.07) is 15.9. The molecular weight excluding hydrogens is 415 g/mol. The number of thiophene rings is 1. The van der Waals surface area contributed by atoms with Crippen LogP contribution in [0.25, 0.3) is 10.9 Å². The zero-order chi connectivity index (χ0) is 19.8. The van der Waals surface area contributed by atoms with Crippen molar-refractivity contribution in [1.29, 1.82) is 0 Å². The van der Waals surface area contributed by atoms with Gasteiger partial charge in [0, 0.05) is 16.8 Å². The number of amides is 1. The molecule has 0 unspecified atom stereocenters. The second kappa shape index (κ2) is 7.43. The largest absolute Gasteiger partial charge is 0.321 e. The van der Waals surface area contributed by atoms with Gasteiger partial charge in [0.15, 0.2) is 0 Å². The predicted molar refractivity (Wildman–Crippen MR) is 115 cm³/mol. The Kier molecular flexibility index (Phi) is 4.98. The summed E-state index contributed by atoms with van der Waals surface area (Å²) in [4.78, 5) is 26.0. The molecule has 0 bridgehead atoms. The van der Waals surface area contributed by atoms with Crippen molar-refractivity contribution in [1.82, 2.24) is 4.57 Å². The van der Waals surface area contributed by atoms with E-state index in [1.54, 1.807) is 41.0 Å². The highest BCUT2D eigenvalue weighted by Crippen LogP contribution is 2.29. The number of anilines is 1. The van der Waals surface area contributed by atoms with Crippen molar-refractivity contribution in [3.8, 4) is 0 Å². The van der Waals surface area contributed by atoms with Gasteiger partial charge in [-0.15, -0.1) is 11.3 Å². The number of rotatable bonds is 3. The molecule has 0 fully saturated rings. The van der Waals surface area contributed by atoms with Crippen LogP contribution in [0.1, 0.15) is 25.7 Å². The molecule has 0 atom stereocenters. The average Bonchev–Trinajstić information content (AvgIpc) is 3.28. The van der Waals surface area contributed by atoms with Crippen LogP contribution in [-0.2, 0) is 0 Å². The van der Waals surface area contributed by atoms with Crippen LogP contribution < -0.4 is 5.32 Å². The van der Waals surface area contributed by atoms with E-state index in [4.69, 9.17) is 23.2 Å². The first kappa shape index (κ1) is 18.7. The third kappa shape index (κ3) is 3.33. The second-order valence-electron chi connectivity index (χ2n) is 6.23. The van der Waals surface area contributed by atoms with Crippen molar-refractivity contribution in [3.63, 3.8) is 0 Å².